The molecule has 0 saturated carbocycles. The number of fused-ring (bicyclic) bond motifs is 1. The molecule has 0 aliphatic carbocycles. The number of carbonyl (C=O) groups excluding carboxylic acids is 1. The fraction of sp³-hybridized carbons (Fsp3) is 0.533. The van der Waals surface area contributed by atoms with E-state index in [9.17, 15) is 9.18 Å². The molecule has 2 amide bonds. The van der Waals surface area contributed by atoms with Gasteiger partial charge in [0.25, 0.3) is 0 Å². The Morgan fingerprint density at radius 2 is 2.10 bits per heavy atom. The van der Waals surface area contributed by atoms with E-state index < -0.39 is 0 Å². The number of amides is 2. The molecular formula is C15H20FN3OS. The van der Waals surface area contributed by atoms with Crippen molar-refractivity contribution in [3.05, 3.63) is 29.6 Å². The molecule has 1 aromatic carbocycles. The average molecular weight is 309 g/mol. The van der Waals surface area contributed by atoms with E-state index in [1.54, 1.807) is 22.7 Å². The highest BCUT2D eigenvalue weighted by Gasteiger charge is 2.27. The van der Waals surface area contributed by atoms with Crippen molar-refractivity contribution in [3.8, 4) is 0 Å². The number of piperidine rings is 1. The van der Waals surface area contributed by atoms with E-state index in [-0.39, 0.29) is 17.9 Å². The third-order valence-electron chi connectivity index (χ3n) is 4.25. The van der Waals surface area contributed by atoms with Crippen LogP contribution in [0, 0.1) is 5.82 Å². The zero-order valence-electron chi connectivity index (χ0n) is 11.8. The lowest BCUT2D eigenvalue weighted by Gasteiger charge is -2.35. The SMILES string of the molecule is NC(=O)N1CCC(NC2CCSc3ccc(F)cc32)CC1. The van der Waals surface area contributed by atoms with Crippen molar-refractivity contribution < 1.29 is 9.18 Å². The van der Waals surface area contributed by atoms with Gasteiger partial charge in [-0.3, -0.25) is 0 Å². The zero-order chi connectivity index (χ0) is 14.8. The van der Waals surface area contributed by atoms with Crippen molar-refractivity contribution in [2.24, 2.45) is 5.73 Å². The minimum absolute atomic E-state index is 0.174. The monoisotopic (exact) mass is 309 g/mol. The first kappa shape index (κ1) is 14.7. The topological polar surface area (TPSA) is 58.4 Å². The maximum Gasteiger partial charge on any atom is 0.314 e. The van der Waals surface area contributed by atoms with E-state index in [0.29, 0.717) is 19.1 Å². The number of rotatable bonds is 2. The number of halogens is 1. The molecule has 1 fully saturated rings. The van der Waals surface area contributed by atoms with Crippen molar-refractivity contribution in [2.45, 2.75) is 36.2 Å². The Bertz CT molecular complexity index is 532. The van der Waals surface area contributed by atoms with Crippen LogP contribution in [0.1, 0.15) is 30.9 Å². The van der Waals surface area contributed by atoms with E-state index in [4.69, 9.17) is 5.73 Å². The maximum atomic E-state index is 13.5. The molecule has 2 aliphatic rings. The van der Waals surface area contributed by atoms with Crippen molar-refractivity contribution in [1.29, 1.82) is 0 Å². The third-order valence-corrected chi connectivity index (χ3v) is 5.38. The molecular weight excluding hydrogens is 289 g/mol. The number of likely N-dealkylation sites (tertiary alicyclic amines) is 1. The Hall–Kier alpha value is -1.27. The lowest BCUT2D eigenvalue weighted by atomic mass is 9.99. The van der Waals surface area contributed by atoms with Gasteiger partial charge in [-0.2, -0.15) is 0 Å². The number of nitrogens with one attached hydrogen (secondary N) is 1. The predicted molar refractivity (Wildman–Crippen MR) is 81.8 cm³/mol. The van der Waals surface area contributed by atoms with Crippen molar-refractivity contribution in [2.75, 3.05) is 18.8 Å². The molecule has 2 heterocycles. The first-order chi connectivity index (χ1) is 10.1. The van der Waals surface area contributed by atoms with Gasteiger partial charge in [-0.05, 0) is 48.8 Å². The van der Waals surface area contributed by atoms with Crippen LogP contribution in [0.5, 0.6) is 0 Å². The minimum atomic E-state index is -0.338. The Morgan fingerprint density at radius 3 is 2.81 bits per heavy atom. The van der Waals surface area contributed by atoms with E-state index in [2.05, 4.69) is 5.32 Å². The van der Waals surface area contributed by atoms with Crippen LogP contribution in [0.4, 0.5) is 9.18 Å². The molecule has 3 N–H and O–H groups in total. The van der Waals surface area contributed by atoms with Gasteiger partial charge in [0.1, 0.15) is 5.82 Å². The van der Waals surface area contributed by atoms with E-state index >= 15 is 0 Å². The molecule has 3 rings (SSSR count). The van der Waals surface area contributed by atoms with Gasteiger partial charge in [-0.1, -0.05) is 0 Å². The Balaban J connectivity index is 1.65. The minimum Gasteiger partial charge on any atom is -0.351 e. The lowest BCUT2D eigenvalue weighted by molar-refractivity contribution is 0.182. The molecule has 1 saturated heterocycles. The van der Waals surface area contributed by atoms with Crippen LogP contribution in [0.15, 0.2) is 23.1 Å². The highest BCUT2D eigenvalue weighted by atomic mass is 32.2. The van der Waals surface area contributed by atoms with E-state index in [0.717, 1.165) is 30.6 Å². The van der Waals surface area contributed by atoms with Gasteiger partial charge in [-0.25, -0.2) is 9.18 Å². The van der Waals surface area contributed by atoms with Gasteiger partial charge < -0.3 is 16.0 Å². The number of benzene rings is 1. The molecule has 4 nitrogen and oxygen atoms in total. The second-order valence-electron chi connectivity index (χ2n) is 5.64. The molecule has 0 aromatic heterocycles. The number of urea groups is 1. The summed E-state index contributed by atoms with van der Waals surface area (Å²) in [6.07, 6.45) is 2.81. The normalized spacial score (nSPS) is 22.9. The summed E-state index contributed by atoms with van der Waals surface area (Å²) in [7, 11) is 0. The highest BCUT2D eigenvalue weighted by Crippen LogP contribution is 2.37. The van der Waals surface area contributed by atoms with E-state index in [1.165, 1.54) is 11.0 Å². The summed E-state index contributed by atoms with van der Waals surface area (Å²) in [5, 5.41) is 3.64. The number of hydrogen-bond acceptors (Lipinski definition) is 3. The van der Waals surface area contributed by atoms with Crippen LogP contribution >= 0.6 is 11.8 Å². The van der Waals surface area contributed by atoms with Crippen LogP contribution < -0.4 is 11.1 Å². The Kier molecular flexibility index (Phi) is 4.35. The van der Waals surface area contributed by atoms with Gasteiger partial charge in [-0.15, -0.1) is 11.8 Å². The van der Waals surface area contributed by atoms with Gasteiger partial charge in [0, 0.05) is 30.1 Å². The molecule has 21 heavy (non-hydrogen) atoms. The summed E-state index contributed by atoms with van der Waals surface area (Å²) in [4.78, 5) is 14.0. The quantitative estimate of drug-likeness (QED) is 0.882. The number of nitrogens with two attached hydrogens (primary N) is 1. The maximum absolute atomic E-state index is 13.5. The fourth-order valence-corrected chi connectivity index (χ4v) is 4.20. The predicted octanol–water partition coefficient (Wildman–Crippen LogP) is 2.50. The molecule has 2 aliphatic heterocycles. The summed E-state index contributed by atoms with van der Waals surface area (Å²) in [6.45, 7) is 1.40. The second kappa shape index (κ2) is 6.23. The summed E-state index contributed by atoms with van der Waals surface area (Å²) in [5.41, 5.74) is 6.37. The molecule has 1 atom stereocenters. The molecule has 6 heteroatoms. The molecule has 0 spiro atoms. The lowest BCUT2D eigenvalue weighted by Crippen LogP contribution is -2.47. The summed E-state index contributed by atoms with van der Waals surface area (Å²) in [5.74, 6) is 0.878. The first-order valence-corrected chi connectivity index (χ1v) is 8.35. The summed E-state index contributed by atoms with van der Waals surface area (Å²) >= 11 is 1.79. The number of primary amides is 1. The Morgan fingerprint density at radius 1 is 1.33 bits per heavy atom. The van der Waals surface area contributed by atoms with Crippen LogP contribution in [-0.4, -0.2) is 35.8 Å². The molecule has 0 radical (unpaired) electrons. The smallest absolute Gasteiger partial charge is 0.314 e. The fourth-order valence-electron chi connectivity index (χ4n) is 3.09. The summed E-state index contributed by atoms with van der Waals surface area (Å²) in [6, 6.07) is 5.29. The van der Waals surface area contributed by atoms with Crippen molar-refractivity contribution in [1.82, 2.24) is 10.2 Å². The largest absolute Gasteiger partial charge is 0.351 e. The number of carbonyl (C=O) groups is 1. The molecule has 1 aromatic rings. The highest BCUT2D eigenvalue weighted by molar-refractivity contribution is 7.99. The van der Waals surface area contributed by atoms with Crippen LogP contribution in [0.2, 0.25) is 0 Å². The molecule has 0 bridgehead atoms. The van der Waals surface area contributed by atoms with Gasteiger partial charge in [0.15, 0.2) is 0 Å². The third kappa shape index (κ3) is 3.32. The Labute approximate surface area is 128 Å². The number of nitrogens with zero attached hydrogens (tertiary/aromatic N) is 1. The average Bonchev–Trinajstić information content (AvgIpc) is 2.48. The molecule has 114 valence electrons. The van der Waals surface area contributed by atoms with Crippen LogP contribution in [0.3, 0.4) is 0 Å². The number of hydrogen-bond donors (Lipinski definition) is 2. The summed E-state index contributed by atoms with van der Waals surface area (Å²) < 4.78 is 13.5. The van der Waals surface area contributed by atoms with Crippen LogP contribution in [0.25, 0.3) is 0 Å². The number of thioether (sulfide) groups is 1. The van der Waals surface area contributed by atoms with Crippen molar-refractivity contribution >= 4 is 17.8 Å². The van der Waals surface area contributed by atoms with Crippen LogP contribution in [-0.2, 0) is 0 Å². The van der Waals surface area contributed by atoms with Gasteiger partial charge in [0.2, 0.25) is 0 Å². The van der Waals surface area contributed by atoms with Crippen molar-refractivity contribution in [3.63, 3.8) is 0 Å². The van der Waals surface area contributed by atoms with E-state index in [1.807, 2.05) is 6.07 Å². The zero-order valence-corrected chi connectivity index (χ0v) is 12.7. The second-order valence-corrected chi connectivity index (χ2v) is 6.77. The molecule has 1 unspecified atom stereocenters. The first-order valence-electron chi connectivity index (χ1n) is 7.36. The standard InChI is InChI=1S/C15H20FN3OS/c16-10-1-2-14-12(9-10)13(5-8-21-14)18-11-3-6-19(7-4-11)15(17)20/h1-2,9,11,13,18H,3-8H2,(H2,17,20). The van der Waals surface area contributed by atoms with Gasteiger partial charge in [0.05, 0.1) is 0 Å². The van der Waals surface area contributed by atoms with Gasteiger partial charge >= 0.3 is 6.03 Å².